The van der Waals surface area contributed by atoms with Crippen LogP contribution in [0.25, 0.3) is 0 Å². The van der Waals surface area contributed by atoms with Crippen LogP contribution in [0.15, 0.2) is 54.6 Å². The molecule has 2 aromatic carbocycles. The van der Waals surface area contributed by atoms with Crippen LogP contribution in [0.2, 0.25) is 0 Å². The van der Waals surface area contributed by atoms with Gasteiger partial charge in [0, 0.05) is 30.8 Å². The van der Waals surface area contributed by atoms with E-state index in [1.165, 1.54) is 5.56 Å². The normalized spacial score (nSPS) is 16.5. The first-order valence-electron chi connectivity index (χ1n) is 9.74. The van der Waals surface area contributed by atoms with Crippen molar-refractivity contribution in [2.45, 2.75) is 51.0 Å². The van der Waals surface area contributed by atoms with E-state index in [9.17, 15) is 9.90 Å². The van der Waals surface area contributed by atoms with E-state index < -0.39 is 5.60 Å². The van der Waals surface area contributed by atoms with E-state index in [4.69, 9.17) is 0 Å². The van der Waals surface area contributed by atoms with E-state index in [-0.39, 0.29) is 5.78 Å². The smallest absolute Gasteiger partial charge is 0.162 e. The second-order valence-electron chi connectivity index (χ2n) is 7.37. The van der Waals surface area contributed by atoms with Crippen molar-refractivity contribution in [3.8, 4) is 0 Å². The number of carbonyl (C=O) groups is 1. The summed E-state index contributed by atoms with van der Waals surface area (Å²) in [5.41, 5.74) is 2.73. The van der Waals surface area contributed by atoms with Gasteiger partial charge in [0.25, 0.3) is 0 Å². The number of carbonyl (C=O) groups excluding carboxylic acids is 1. The molecule has 0 aliphatic carbocycles. The molecule has 1 heterocycles. The summed E-state index contributed by atoms with van der Waals surface area (Å²) in [5, 5.41) is 10.9. The van der Waals surface area contributed by atoms with Gasteiger partial charge in [-0.05, 0) is 61.9 Å². The Morgan fingerprint density at radius 3 is 2.31 bits per heavy atom. The van der Waals surface area contributed by atoms with Crippen molar-refractivity contribution in [3.63, 3.8) is 0 Å². The first-order valence-corrected chi connectivity index (χ1v) is 9.74. The molecule has 1 aliphatic heterocycles. The van der Waals surface area contributed by atoms with Gasteiger partial charge in [0.05, 0.1) is 5.60 Å². The summed E-state index contributed by atoms with van der Waals surface area (Å²) in [6.07, 6.45) is 5.06. The molecule has 0 atom stereocenters. The van der Waals surface area contributed by atoms with E-state index in [0.717, 1.165) is 56.4 Å². The first kappa shape index (κ1) is 18.7. The molecular formula is C23H29NO2. The Kier molecular flexibility index (Phi) is 6.10. The Balaban J connectivity index is 1.49. The highest BCUT2D eigenvalue weighted by molar-refractivity contribution is 5.96. The lowest BCUT2D eigenvalue weighted by Gasteiger charge is -2.39. The van der Waals surface area contributed by atoms with Crippen molar-refractivity contribution in [3.05, 3.63) is 65.7 Å². The van der Waals surface area contributed by atoms with Crippen LogP contribution in [0.3, 0.4) is 0 Å². The number of aliphatic hydroxyl groups is 1. The molecule has 3 rings (SSSR count). The Hall–Kier alpha value is -2.13. The van der Waals surface area contributed by atoms with Crippen LogP contribution >= 0.6 is 0 Å². The Labute approximate surface area is 156 Å². The van der Waals surface area contributed by atoms with Gasteiger partial charge in [0.15, 0.2) is 5.78 Å². The summed E-state index contributed by atoms with van der Waals surface area (Å²) in [7, 11) is 0. The molecule has 138 valence electrons. The Morgan fingerprint density at radius 2 is 1.69 bits per heavy atom. The van der Waals surface area contributed by atoms with Gasteiger partial charge in [0.1, 0.15) is 0 Å². The van der Waals surface area contributed by atoms with E-state index in [1.807, 2.05) is 37.3 Å². The summed E-state index contributed by atoms with van der Waals surface area (Å²) in [5.74, 6) is 0.183. The standard InChI is InChI=1S/C23H29NO2/c1-2-22(25)20-10-12-21(13-11-20)24-17-15-23(26,16-18-24)14-6-9-19-7-4-3-5-8-19/h3-5,7-8,10-13,26H,2,6,9,14-18H2,1H3. The highest BCUT2D eigenvalue weighted by atomic mass is 16.3. The second kappa shape index (κ2) is 8.50. The minimum atomic E-state index is -0.538. The van der Waals surface area contributed by atoms with Gasteiger partial charge in [-0.3, -0.25) is 4.79 Å². The number of hydrogen-bond acceptors (Lipinski definition) is 3. The van der Waals surface area contributed by atoms with Crippen LogP contribution in [-0.4, -0.2) is 29.6 Å². The van der Waals surface area contributed by atoms with Crippen LogP contribution in [0.4, 0.5) is 5.69 Å². The van der Waals surface area contributed by atoms with Gasteiger partial charge in [-0.1, -0.05) is 37.3 Å². The number of nitrogens with zero attached hydrogens (tertiary/aromatic N) is 1. The molecule has 3 nitrogen and oxygen atoms in total. The van der Waals surface area contributed by atoms with Crippen LogP contribution in [0, 0.1) is 0 Å². The lowest BCUT2D eigenvalue weighted by Crippen LogP contribution is -2.44. The quantitative estimate of drug-likeness (QED) is 0.739. The van der Waals surface area contributed by atoms with Gasteiger partial charge in [-0.2, -0.15) is 0 Å². The lowest BCUT2D eigenvalue weighted by molar-refractivity contribution is 0.00635. The highest BCUT2D eigenvalue weighted by Crippen LogP contribution is 2.30. The molecule has 1 fully saturated rings. The molecule has 0 unspecified atom stereocenters. The molecule has 1 saturated heterocycles. The van der Waals surface area contributed by atoms with Crippen molar-refractivity contribution >= 4 is 11.5 Å². The maximum Gasteiger partial charge on any atom is 0.162 e. The number of anilines is 1. The van der Waals surface area contributed by atoms with E-state index in [1.54, 1.807) is 0 Å². The SMILES string of the molecule is CCC(=O)c1ccc(N2CCC(O)(CCCc3ccccc3)CC2)cc1. The second-order valence-corrected chi connectivity index (χ2v) is 7.37. The Morgan fingerprint density at radius 1 is 1.04 bits per heavy atom. The molecule has 26 heavy (non-hydrogen) atoms. The summed E-state index contributed by atoms with van der Waals surface area (Å²) in [6, 6.07) is 18.4. The van der Waals surface area contributed by atoms with Crippen LogP contribution in [0.1, 0.15) is 54.9 Å². The fraction of sp³-hybridized carbons (Fsp3) is 0.435. The number of aryl methyl sites for hydroxylation is 1. The van der Waals surface area contributed by atoms with Crippen LogP contribution < -0.4 is 4.90 Å². The first-order chi connectivity index (χ1) is 12.6. The number of benzene rings is 2. The van der Waals surface area contributed by atoms with Gasteiger partial charge in [-0.15, -0.1) is 0 Å². The monoisotopic (exact) mass is 351 g/mol. The zero-order valence-electron chi connectivity index (χ0n) is 15.7. The highest BCUT2D eigenvalue weighted by Gasteiger charge is 2.31. The molecule has 0 amide bonds. The molecule has 3 heteroatoms. The minimum absolute atomic E-state index is 0.183. The zero-order valence-corrected chi connectivity index (χ0v) is 15.7. The molecular weight excluding hydrogens is 322 g/mol. The number of hydrogen-bond donors (Lipinski definition) is 1. The van der Waals surface area contributed by atoms with Crippen molar-refractivity contribution in [2.75, 3.05) is 18.0 Å². The van der Waals surface area contributed by atoms with Crippen molar-refractivity contribution < 1.29 is 9.90 Å². The molecule has 0 saturated carbocycles. The van der Waals surface area contributed by atoms with Crippen LogP contribution in [-0.2, 0) is 6.42 Å². The average Bonchev–Trinajstić information content (AvgIpc) is 2.69. The van der Waals surface area contributed by atoms with Gasteiger partial charge in [0.2, 0.25) is 0 Å². The van der Waals surface area contributed by atoms with Crippen molar-refractivity contribution in [1.29, 1.82) is 0 Å². The third kappa shape index (κ3) is 4.73. The number of ketones is 1. The molecule has 0 radical (unpaired) electrons. The number of piperidine rings is 1. The largest absolute Gasteiger partial charge is 0.390 e. The fourth-order valence-electron chi connectivity index (χ4n) is 3.76. The maximum absolute atomic E-state index is 11.7. The molecule has 1 N–H and O–H groups in total. The maximum atomic E-state index is 11.7. The van der Waals surface area contributed by atoms with E-state index in [0.29, 0.717) is 6.42 Å². The molecule has 2 aromatic rings. The third-order valence-corrected chi connectivity index (χ3v) is 5.52. The summed E-state index contributed by atoms with van der Waals surface area (Å²) in [4.78, 5) is 14.1. The number of Topliss-reactive ketones (excluding diaryl/α,β-unsaturated/α-hetero) is 1. The van der Waals surface area contributed by atoms with E-state index in [2.05, 4.69) is 29.2 Å². The molecule has 0 aromatic heterocycles. The van der Waals surface area contributed by atoms with Gasteiger partial charge in [-0.25, -0.2) is 0 Å². The minimum Gasteiger partial charge on any atom is -0.390 e. The summed E-state index contributed by atoms with van der Waals surface area (Å²) >= 11 is 0. The molecule has 0 spiro atoms. The zero-order chi connectivity index (χ0) is 18.4. The Bertz CT molecular complexity index is 701. The third-order valence-electron chi connectivity index (χ3n) is 5.52. The van der Waals surface area contributed by atoms with E-state index >= 15 is 0 Å². The predicted octanol–water partition coefficient (Wildman–Crippen LogP) is 4.63. The predicted molar refractivity (Wildman–Crippen MR) is 107 cm³/mol. The molecule has 0 bridgehead atoms. The topological polar surface area (TPSA) is 40.5 Å². The van der Waals surface area contributed by atoms with Crippen molar-refractivity contribution in [2.24, 2.45) is 0 Å². The van der Waals surface area contributed by atoms with Crippen LogP contribution in [0.5, 0.6) is 0 Å². The van der Waals surface area contributed by atoms with Crippen molar-refractivity contribution in [1.82, 2.24) is 0 Å². The number of rotatable bonds is 7. The lowest BCUT2D eigenvalue weighted by atomic mass is 9.85. The van der Waals surface area contributed by atoms with Gasteiger partial charge < -0.3 is 10.0 Å². The summed E-state index contributed by atoms with van der Waals surface area (Å²) < 4.78 is 0. The molecule has 1 aliphatic rings. The van der Waals surface area contributed by atoms with Gasteiger partial charge >= 0.3 is 0 Å². The summed E-state index contributed by atoms with van der Waals surface area (Å²) in [6.45, 7) is 3.62. The average molecular weight is 351 g/mol. The fourth-order valence-corrected chi connectivity index (χ4v) is 3.76.